The molecule has 0 aliphatic heterocycles. The van der Waals surface area contributed by atoms with Gasteiger partial charge in [-0.15, -0.1) is 0 Å². The van der Waals surface area contributed by atoms with Crippen LogP contribution >= 0.6 is 0 Å². The minimum absolute atomic E-state index is 0.0776. The third kappa shape index (κ3) is 3.52. The Morgan fingerprint density at radius 2 is 2.04 bits per heavy atom. The van der Waals surface area contributed by atoms with Gasteiger partial charge < -0.3 is 14.5 Å². The average molecular weight is 338 g/mol. The molecule has 0 unspecified atom stereocenters. The van der Waals surface area contributed by atoms with Crippen molar-refractivity contribution in [1.82, 2.24) is 4.98 Å². The van der Waals surface area contributed by atoms with Crippen molar-refractivity contribution in [2.24, 2.45) is 0 Å². The van der Waals surface area contributed by atoms with Gasteiger partial charge in [0.25, 0.3) is 0 Å². The number of rotatable bonds is 4. The second kappa shape index (κ2) is 6.76. The van der Waals surface area contributed by atoms with Crippen molar-refractivity contribution in [3.63, 3.8) is 0 Å². The summed E-state index contributed by atoms with van der Waals surface area (Å²) in [6.07, 6.45) is 1.54. The van der Waals surface area contributed by atoms with Crippen LogP contribution in [0.4, 0.5) is 5.82 Å². The molecule has 128 valence electrons. The average Bonchev–Trinajstić information content (AvgIpc) is 2.58. The van der Waals surface area contributed by atoms with Crippen LogP contribution in [-0.2, 0) is 11.2 Å². The Morgan fingerprint density at radius 1 is 1.24 bits per heavy atom. The van der Waals surface area contributed by atoms with E-state index >= 15 is 0 Å². The first-order valence-electron chi connectivity index (χ1n) is 7.81. The highest BCUT2D eigenvalue weighted by Crippen LogP contribution is 2.24. The van der Waals surface area contributed by atoms with Crippen molar-refractivity contribution in [3.8, 4) is 5.75 Å². The minimum atomic E-state index is -0.523. The summed E-state index contributed by atoms with van der Waals surface area (Å²) in [6.45, 7) is 3.72. The molecule has 0 aliphatic carbocycles. The van der Waals surface area contributed by atoms with Gasteiger partial charge in [-0.25, -0.2) is 9.78 Å². The fraction of sp³-hybridized carbons (Fsp3) is 0.211. The Balaban J connectivity index is 1.90. The SMILES string of the molecule is COc1ccc2c(C)c(CC(=O)Nc3cc(C)ccn3)c(=O)oc2c1. The smallest absolute Gasteiger partial charge is 0.340 e. The number of aromatic nitrogens is 1. The minimum Gasteiger partial charge on any atom is -0.497 e. The first kappa shape index (κ1) is 16.7. The Labute approximate surface area is 144 Å². The molecule has 1 amide bonds. The van der Waals surface area contributed by atoms with Crippen LogP contribution in [0, 0.1) is 13.8 Å². The molecule has 1 aromatic carbocycles. The lowest BCUT2D eigenvalue weighted by atomic mass is 10.0. The molecule has 0 radical (unpaired) electrons. The number of benzene rings is 1. The van der Waals surface area contributed by atoms with Gasteiger partial charge in [-0.05, 0) is 49.2 Å². The Hall–Kier alpha value is -3.15. The fourth-order valence-electron chi connectivity index (χ4n) is 2.66. The summed E-state index contributed by atoms with van der Waals surface area (Å²) in [4.78, 5) is 28.7. The maximum absolute atomic E-state index is 12.3. The lowest BCUT2D eigenvalue weighted by Crippen LogP contribution is -2.21. The van der Waals surface area contributed by atoms with Crippen molar-refractivity contribution in [3.05, 3.63) is 63.6 Å². The molecule has 3 aromatic rings. The summed E-state index contributed by atoms with van der Waals surface area (Å²) in [5, 5.41) is 3.48. The molecular formula is C19H18N2O4. The normalized spacial score (nSPS) is 10.7. The number of anilines is 1. The summed E-state index contributed by atoms with van der Waals surface area (Å²) >= 11 is 0. The molecule has 0 bridgehead atoms. The molecular weight excluding hydrogens is 320 g/mol. The Kier molecular flexibility index (Phi) is 4.52. The van der Waals surface area contributed by atoms with E-state index in [9.17, 15) is 9.59 Å². The van der Waals surface area contributed by atoms with Gasteiger partial charge in [-0.3, -0.25) is 4.79 Å². The van der Waals surface area contributed by atoms with Crippen LogP contribution < -0.4 is 15.7 Å². The summed E-state index contributed by atoms with van der Waals surface area (Å²) in [5.74, 6) is 0.741. The first-order valence-corrected chi connectivity index (χ1v) is 7.81. The molecule has 0 saturated heterocycles. The number of carbonyl (C=O) groups excluding carboxylic acids is 1. The van der Waals surface area contributed by atoms with Gasteiger partial charge in [-0.2, -0.15) is 0 Å². The zero-order valence-corrected chi connectivity index (χ0v) is 14.3. The largest absolute Gasteiger partial charge is 0.497 e. The van der Waals surface area contributed by atoms with Crippen LogP contribution in [-0.4, -0.2) is 18.0 Å². The molecule has 2 heterocycles. The van der Waals surface area contributed by atoms with Crippen molar-refractivity contribution in [2.75, 3.05) is 12.4 Å². The number of fused-ring (bicyclic) bond motifs is 1. The van der Waals surface area contributed by atoms with Crippen LogP contribution in [0.2, 0.25) is 0 Å². The zero-order chi connectivity index (χ0) is 18.0. The van der Waals surface area contributed by atoms with Crippen molar-refractivity contribution in [1.29, 1.82) is 0 Å². The molecule has 2 aromatic heterocycles. The monoisotopic (exact) mass is 338 g/mol. The molecule has 0 atom stereocenters. The number of nitrogens with zero attached hydrogens (tertiary/aromatic N) is 1. The summed E-state index contributed by atoms with van der Waals surface area (Å²) < 4.78 is 10.5. The summed E-state index contributed by atoms with van der Waals surface area (Å²) in [7, 11) is 1.55. The van der Waals surface area contributed by atoms with E-state index in [-0.39, 0.29) is 12.3 Å². The number of pyridine rings is 1. The number of amides is 1. The maximum atomic E-state index is 12.3. The van der Waals surface area contributed by atoms with Crippen LogP contribution in [0.15, 0.2) is 45.7 Å². The van der Waals surface area contributed by atoms with Crippen LogP contribution in [0.25, 0.3) is 11.0 Å². The van der Waals surface area contributed by atoms with Crippen molar-refractivity contribution < 1.29 is 13.9 Å². The molecule has 25 heavy (non-hydrogen) atoms. The predicted molar refractivity (Wildman–Crippen MR) is 95.1 cm³/mol. The molecule has 6 nitrogen and oxygen atoms in total. The number of hydrogen-bond acceptors (Lipinski definition) is 5. The standard InChI is InChI=1S/C19H18N2O4/c1-11-6-7-20-17(8-11)21-18(22)10-15-12(2)14-5-4-13(24-3)9-16(14)25-19(15)23/h4-9H,10H2,1-3H3,(H,20,21,22). The van der Waals surface area contributed by atoms with E-state index in [1.165, 1.54) is 0 Å². The predicted octanol–water partition coefficient (Wildman–Crippen LogP) is 2.99. The second-order valence-electron chi connectivity index (χ2n) is 5.80. The second-order valence-corrected chi connectivity index (χ2v) is 5.80. The molecule has 6 heteroatoms. The Morgan fingerprint density at radius 3 is 2.76 bits per heavy atom. The van der Waals surface area contributed by atoms with E-state index in [0.29, 0.717) is 22.7 Å². The molecule has 1 N–H and O–H groups in total. The number of aryl methyl sites for hydroxylation is 2. The van der Waals surface area contributed by atoms with E-state index in [1.807, 2.05) is 19.1 Å². The van der Waals surface area contributed by atoms with Crippen LogP contribution in [0.5, 0.6) is 5.75 Å². The van der Waals surface area contributed by atoms with Gasteiger partial charge in [0.05, 0.1) is 19.1 Å². The number of ether oxygens (including phenoxy) is 1. The van der Waals surface area contributed by atoms with Crippen molar-refractivity contribution in [2.45, 2.75) is 20.3 Å². The van der Waals surface area contributed by atoms with E-state index < -0.39 is 5.63 Å². The molecule has 0 fully saturated rings. The van der Waals surface area contributed by atoms with Gasteiger partial charge in [0.2, 0.25) is 5.91 Å². The van der Waals surface area contributed by atoms with Gasteiger partial charge in [0.1, 0.15) is 17.2 Å². The molecule has 0 saturated carbocycles. The van der Waals surface area contributed by atoms with Gasteiger partial charge in [0.15, 0.2) is 0 Å². The highest BCUT2D eigenvalue weighted by atomic mass is 16.5. The summed E-state index contributed by atoms with van der Waals surface area (Å²) in [6, 6.07) is 8.86. The van der Waals surface area contributed by atoms with E-state index in [0.717, 1.165) is 16.5 Å². The summed E-state index contributed by atoms with van der Waals surface area (Å²) in [5.41, 5.74) is 1.96. The lowest BCUT2D eigenvalue weighted by molar-refractivity contribution is -0.115. The van der Waals surface area contributed by atoms with Crippen molar-refractivity contribution >= 4 is 22.7 Å². The third-order valence-electron chi connectivity index (χ3n) is 4.01. The third-order valence-corrected chi connectivity index (χ3v) is 4.01. The van der Waals surface area contributed by atoms with E-state index in [4.69, 9.17) is 9.15 Å². The number of methoxy groups -OCH3 is 1. The zero-order valence-electron chi connectivity index (χ0n) is 14.3. The van der Waals surface area contributed by atoms with Crippen LogP contribution in [0.3, 0.4) is 0 Å². The number of nitrogens with one attached hydrogen (secondary N) is 1. The van der Waals surface area contributed by atoms with E-state index in [2.05, 4.69) is 10.3 Å². The Bertz CT molecular complexity index is 1010. The number of carbonyl (C=O) groups is 1. The highest BCUT2D eigenvalue weighted by Gasteiger charge is 2.15. The quantitative estimate of drug-likeness (QED) is 0.740. The molecule has 0 spiro atoms. The fourth-order valence-corrected chi connectivity index (χ4v) is 2.66. The lowest BCUT2D eigenvalue weighted by Gasteiger charge is -2.09. The van der Waals surface area contributed by atoms with Gasteiger partial charge >= 0.3 is 5.63 Å². The topological polar surface area (TPSA) is 81.4 Å². The molecule has 3 rings (SSSR count). The van der Waals surface area contributed by atoms with Gasteiger partial charge in [-0.1, -0.05) is 0 Å². The highest BCUT2D eigenvalue weighted by molar-refractivity contribution is 5.92. The van der Waals surface area contributed by atoms with Crippen LogP contribution in [0.1, 0.15) is 16.7 Å². The number of hydrogen-bond donors (Lipinski definition) is 1. The van der Waals surface area contributed by atoms with Gasteiger partial charge in [0, 0.05) is 17.6 Å². The molecule has 0 aliphatic rings. The maximum Gasteiger partial charge on any atom is 0.340 e. The van der Waals surface area contributed by atoms with E-state index in [1.54, 1.807) is 38.4 Å². The first-order chi connectivity index (χ1) is 12.0.